The van der Waals surface area contributed by atoms with Crippen LogP contribution in [0.2, 0.25) is 0 Å². The second-order valence-electron chi connectivity index (χ2n) is 4.82. The minimum absolute atomic E-state index is 0.0102. The van der Waals surface area contributed by atoms with E-state index >= 15 is 0 Å². The molecule has 2 aromatic rings. The first-order valence-electron chi connectivity index (χ1n) is 6.64. The van der Waals surface area contributed by atoms with Gasteiger partial charge in [0.1, 0.15) is 5.82 Å². The van der Waals surface area contributed by atoms with Crippen molar-refractivity contribution in [2.24, 2.45) is 5.92 Å². The van der Waals surface area contributed by atoms with Gasteiger partial charge in [-0.1, -0.05) is 37.7 Å². The molecule has 1 aromatic heterocycles. The number of nitrogens with zero attached hydrogens (tertiary/aromatic N) is 2. The summed E-state index contributed by atoms with van der Waals surface area (Å²) in [6.07, 6.45) is 1.02. The molecule has 6 heteroatoms. The predicted octanol–water partition coefficient (Wildman–Crippen LogP) is 2.83. The maximum atomic E-state index is 13.1. The Kier molecular flexibility index (Phi) is 5.14. The lowest BCUT2D eigenvalue weighted by Crippen LogP contribution is -2.56. The number of hydrogen-bond donors (Lipinski definition) is 1. The van der Waals surface area contributed by atoms with E-state index in [0.29, 0.717) is 22.8 Å². The summed E-state index contributed by atoms with van der Waals surface area (Å²) in [6, 6.07) is 6.51. The van der Waals surface area contributed by atoms with Crippen molar-refractivity contribution in [3.8, 4) is 0 Å². The van der Waals surface area contributed by atoms with Crippen molar-refractivity contribution in [2.75, 3.05) is 0 Å². The van der Waals surface area contributed by atoms with Crippen LogP contribution in [0.1, 0.15) is 37.8 Å². The average molecular weight is 296 g/mol. The zero-order chi connectivity index (χ0) is 14.5. The van der Waals surface area contributed by atoms with Crippen molar-refractivity contribution in [3.63, 3.8) is 0 Å². The van der Waals surface area contributed by atoms with Gasteiger partial charge in [0.15, 0.2) is 6.04 Å². The van der Waals surface area contributed by atoms with E-state index in [1.54, 1.807) is 6.07 Å². The molecule has 1 aromatic carbocycles. The molecule has 0 bridgehead atoms. The Bertz CT molecular complexity index is 561. The number of aromatic nitrogens is 2. The van der Waals surface area contributed by atoms with Gasteiger partial charge in [0, 0.05) is 11.7 Å². The first kappa shape index (κ1) is 15.0. The van der Waals surface area contributed by atoms with Gasteiger partial charge in [-0.3, -0.25) is 0 Å². The lowest BCUT2D eigenvalue weighted by atomic mass is 10.0. The van der Waals surface area contributed by atoms with Crippen molar-refractivity contribution in [1.82, 2.24) is 10.2 Å². The Labute approximate surface area is 122 Å². The predicted molar refractivity (Wildman–Crippen MR) is 75.3 cm³/mol. The molecule has 0 aliphatic rings. The zero-order valence-electron chi connectivity index (χ0n) is 11.7. The molecule has 0 fully saturated rings. The summed E-state index contributed by atoms with van der Waals surface area (Å²) in [4.78, 5) is 0. The summed E-state index contributed by atoms with van der Waals surface area (Å²) in [5, 5.41) is 8.55. The average Bonchev–Trinajstić information content (AvgIpc) is 2.92. The van der Waals surface area contributed by atoms with E-state index in [0.717, 1.165) is 12.0 Å². The molecule has 0 radical (unpaired) electrons. The molecule has 1 heterocycles. The Morgan fingerprint density at radius 3 is 2.90 bits per heavy atom. The molecular weight excluding hydrogens is 277 g/mol. The smallest absolute Gasteiger partial charge is 0.277 e. The van der Waals surface area contributed by atoms with Crippen LogP contribution in [0.4, 0.5) is 4.39 Å². The van der Waals surface area contributed by atoms with Gasteiger partial charge >= 0.3 is 0 Å². The van der Waals surface area contributed by atoms with Gasteiger partial charge < -0.3 is 10.2 Å². The van der Waals surface area contributed by atoms with E-state index in [1.165, 1.54) is 23.9 Å². The van der Waals surface area contributed by atoms with Gasteiger partial charge in [0.25, 0.3) is 11.1 Å². The Morgan fingerprint density at radius 1 is 1.40 bits per heavy atom. The fourth-order valence-corrected chi connectivity index (χ4v) is 2.44. The Hall–Kier alpha value is -1.40. The molecule has 20 heavy (non-hydrogen) atoms. The molecule has 108 valence electrons. The Morgan fingerprint density at radius 2 is 2.20 bits per heavy atom. The second-order valence-corrected chi connectivity index (χ2v) is 5.74. The zero-order valence-corrected chi connectivity index (χ0v) is 12.5. The molecule has 2 rings (SSSR count). The normalized spacial score (nSPS) is 14.2. The van der Waals surface area contributed by atoms with Gasteiger partial charge in [-0.25, -0.2) is 4.39 Å². The van der Waals surface area contributed by atoms with Crippen molar-refractivity contribution < 1.29 is 14.5 Å². The fraction of sp³-hybridized carbons (Fsp3) is 0.429. The first-order chi connectivity index (χ1) is 9.60. The lowest BCUT2D eigenvalue weighted by Gasteiger charge is -2.09. The molecule has 3 N–H and O–H groups in total. The highest BCUT2D eigenvalue weighted by molar-refractivity contribution is 7.98. The molecular formula is C14H19FN3OS+. The number of halogens is 1. The van der Waals surface area contributed by atoms with Gasteiger partial charge in [0.2, 0.25) is 0 Å². The van der Waals surface area contributed by atoms with Gasteiger partial charge in [0.05, 0.1) is 0 Å². The van der Waals surface area contributed by atoms with Crippen LogP contribution in [0.3, 0.4) is 0 Å². The van der Waals surface area contributed by atoms with E-state index in [9.17, 15) is 4.39 Å². The molecule has 0 unspecified atom stereocenters. The van der Waals surface area contributed by atoms with Crippen molar-refractivity contribution >= 4 is 11.8 Å². The van der Waals surface area contributed by atoms with E-state index < -0.39 is 0 Å². The van der Waals surface area contributed by atoms with Crippen LogP contribution in [0, 0.1) is 11.7 Å². The number of benzene rings is 1. The largest absolute Gasteiger partial charge is 0.410 e. The highest BCUT2D eigenvalue weighted by Gasteiger charge is 2.23. The van der Waals surface area contributed by atoms with Gasteiger partial charge in [-0.15, -0.1) is 10.2 Å². The lowest BCUT2D eigenvalue weighted by molar-refractivity contribution is -0.444. The van der Waals surface area contributed by atoms with Crippen molar-refractivity contribution in [3.05, 3.63) is 41.5 Å². The molecule has 0 saturated carbocycles. The summed E-state index contributed by atoms with van der Waals surface area (Å²) in [6.45, 7) is 4.22. The van der Waals surface area contributed by atoms with E-state index in [1.807, 2.05) is 6.07 Å². The highest BCUT2D eigenvalue weighted by atomic mass is 32.2. The topological polar surface area (TPSA) is 66.6 Å². The van der Waals surface area contributed by atoms with Crippen LogP contribution in [0.5, 0.6) is 0 Å². The maximum Gasteiger partial charge on any atom is 0.277 e. The summed E-state index contributed by atoms with van der Waals surface area (Å²) in [5.41, 5.74) is 4.96. The highest BCUT2D eigenvalue weighted by Crippen LogP contribution is 2.25. The maximum absolute atomic E-state index is 13.1. The van der Waals surface area contributed by atoms with E-state index in [4.69, 9.17) is 4.42 Å². The minimum atomic E-state index is -0.232. The van der Waals surface area contributed by atoms with E-state index in [-0.39, 0.29) is 11.9 Å². The van der Waals surface area contributed by atoms with Crippen LogP contribution in [-0.2, 0) is 5.75 Å². The monoisotopic (exact) mass is 296 g/mol. The second kappa shape index (κ2) is 6.85. The van der Waals surface area contributed by atoms with Crippen molar-refractivity contribution in [2.45, 2.75) is 37.3 Å². The van der Waals surface area contributed by atoms with Crippen LogP contribution in [0.25, 0.3) is 0 Å². The van der Waals surface area contributed by atoms with Gasteiger partial charge in [-0.05, 0) is 24.1 Å². The number of rotatable bonds is 6. The van der Waals surface area contributed by atoms with Crippen LogP contribution in [-0.4, -0.2) is 10.2 Å². The SMILES string of the molecule is CC[C@@H](C)[C@H]([NH3+])c1nnc(SCc2cccc(F)c2)o1. The third kappa shape index (κ3) is 3.80. The summed E-state index contributed by atoms with van der Waals surface area (Å²) in [7, 11) is 0. The summed E-state index contributed by atoms with van der Waals surface area (Å²) < 4.78 is 18.7. The first-order valence-corrected chi connectivity index (χ1v) is 7.62. The van der Waals surface area contributed by atoms with E-state index in [2.05, 4.69) is 29.8 Å². The third-order valence-corrected chi connectivity index (χ3v) is 4.21. The molecule has 0 saturated heterocycles. The third-order valence-electron chi connectivity index (χ3n) is 3.32. The molecule has 0 aliphatic heterocycles. The molecule has 0 spiro atoms. The number of quaternary nitrogens is 1. The van der Waals surface area contributed by atoms with Crippen LogP contribution < -0.4 is 5.73 Å². The van der Waals surface area contributed by atoms with Crippen LogP contribution >= 0.6 is 11.8 Å². The molecule has 2 atom stereocenters. The quantitative estimate of drug-likeness (QED) is 0.832. The van der Waals surface area contributed by atoms with Gasteiger partial charge in [-0.2, -0.15) is 0 Å². The summed E-state index contributed by atoms with van der Waals surface area (Å²) in [5.74, 6) is 1.34. The Balaban J connectivity index is 1.96. The molecule has 0 amide bonds. The molecule has 0 aliphatic carbocycles. The number of hydrogen-bond acceptors (Lipinski definition) is 4. The number of thioether (sulfide) groups is 1. The minimum Gasteiger partial charge on any atom is -0.410 e. The summed E-state index contributed by atoms with van der Waals surface area (Å²) >= 11 is 1.41. The molecule has 4 nitrogen and oxygen atoms in total. The van der Waals surface area contributed by atoms with Crippen molar-refractivity contribution in [1.29, 1.82) is 0 Å². The van der Waals surface area contributed by atoms with Crippen LogP contribution in [0.15, 0.2) is 33.9 Å². The fourth-order valence-electron chi connectivity index (χ4n) is 1.73. The standard InChI is InChI=1S/C14H18FN3OS/c1-3-9(2)12(16)13-17-18-14(19-13)20-8-10-5-4-6-11(15)7-10/h4-7,9,12H,3,8,16H2,1-2H3/p+1/t9-,12+/m1/s1.